The minimum absolute atomic E-state index is 0.0821. The second-order valence-corrected chi connectivity index (χ2v) is 4.38. The molecule has 0 aromatic heterocycles. The third-order valence-corrected chi connectivity index (χ3v) is 2.77. The first kappa shape index (κ1) is 13.4. The molecule has 98 valence electrons. The molecule has 19 heavy (non-hydrogen) atoms. The van der Waals surface area contributed by atoms with E-state index in [1.54, 1.807) is 13.0 Å². The number of aryl methyl sites for hydroxylation is 1. The lowest BCUT2D eigenvalue weighted by molar-refractivity contribution is 0.0722. The number of rotatable bonds is 5. The number of hydrogen-bond donors (Lipinski definition) is 0. The van der Waals surface area contributed by atoms with E-state index < -0.39 is 5.82 Å². The molecule has 0 saturated carbocycles. The third kappa shape index (κ3) is 3.73. The zero-order valence-corrected chi connectivity index (χ0v) is 10.7. The van der Waals surface area contributed by atoms with Gasteiger partial charge in [-0.25, -0.2) is 4.39 Å². The summed E-state index contributed by atoms with van der Waals surface area (Å²) in [5, 5.41) is 0. The van der Waals surface area contributed by atoms with Gasteiger partial charge in [0.1, 0.15) is 12.4 Å². The molecular formula is C16H15FO2. The second-order valence-electron chi connectivity index (χ2n) is 4.38. The molecule has 0 amide bonds. The molecule has 0 unspecified atom stereocenters. The lowest BCUT2D eigenvalue weighted by Crippen LogP contribution is -2.11. The first-order valence-electron chi connectivity index (χ1n) is 6.08. The van der Waals surface area contributed by atoms with Crippen LogP contribution in [0.25, 0.3) is 0 Å². The summed E-state index contributed by atoms with van der Waals surface area (Å²) in [6.45, 7) is 2.01. The molecule has 2 rings (SSSR count). The summed E-state index contributed by atoms with van der Waals surface area (Å²) in [6.07, 6.45) is 0. The number of ketones is 1. The smallest absolute Gasteiger partial charge is 0.191 e. The minimum Gasteiger partial charge on any atom is -0.369 e. The van der Waals surface area contributed by atoms with Crippen molar-refractivity contribution in [2.24, 2.45) is 0 Å². The molecule has 0 N–H and O–H groups in total. The van der Waals surface area contributed by atoms with Crippen molar-refractivity contribution >= 4 is 5.78 Å². The van der Waals surface area contributed by atoms with Crippen LogP contribution in [0.2, 0.25) is 0 Å². The van der Waals surface area contributed by atoms with Gasteiger partial charge in [0.25, 0.3) is 0 Å². The van der Waals surface area contributed by atoms with Crippen molar-refractivity contribution in [2.75, 3.05) is 6.61 Å². The Morgan fingerprint density at radius 3 is 2.58 bits per heavy atom. The van der Waals surface area contributed by atoms with Crippen LogP contribution in [-0.4, -0.2) is 12.4 Å². The van der Waals surface area contributed by atoms with Crippen LogP contribution in [0.1, 0.15) is 21.5 Å². The average molecular weight is 258 g/mol. The van der Waals surface area contributed by atoms with E-state index in [4.69, 9.17) is 4.74 Å². The molecule has 0 atom stereocenters. The van der Waals surface area contributed by atoms with Gasteiger partial charge in [-0.1, -0.05) is 36.4 Å². The van der Waals surface area contributed by atoms with Crippen LogP contribution in [0.3, 0.4) is 0 Å². The zero-order chi connectivity index (χ0) is 13.7. The van der Waals surface area contributed by atoms with E-state index in [2.05, 4.69) is 0 Å². The maximum atomic E-state index is 13.6. The van der Waals surface area contributed by atoms with E-state index in [-0.39, 0.29) is 18.0 Å². The van der Waals surface area contributed by atoms with Crippen molar-refractivity contribution in [3.05, 3.63) is 71.0 Å². The number of Topliss-reactive ketones (excluding diaryl/α,β-unsaturated/α-hetero) is 1. The summed E-state index contributed by atoms with van der Waals surface area (Å²) in [5.74, 6) is -0.832. The van der Waals surface area contributed by atoms with Crippen molar-refractivity contribution in [1.29, 1.82) is 0 Å². The SMILES string of the molecule is Cc1ccc(C(=O)COCc2ccccc2)c(F)c1. The van der Waals surface area contributed by atoms with Crippen LogP contribution in [-0.2, 0) is 11.3 Å². The summed E-state index contributed by atoms with van der Waals surface area (Å²) >= 11 is 0. The Bertz CT molecular complexity index is 564. The molecule has 2 nitrogen and oxygen atoms in total. The molecule has 0 aliphatic heterocycles. The number of ether oxygens (including phenoxy) is 1. The van der Waals surface area contributed by atoms with Gasteiger partial charge in [-0.15, -0.1) is 0 Å². The summed E-state index contributed by atoms with van der Waals surface area (Å²) in [5.41, 5.74) is 1.86. The molecule has 2 aromatic rings. The summed E-state index contributed by atoms with van der Waals surface area (Å²) in [7, 11) is 0. The van der Waals surface area contributed by atoms with Gasteiger partial charge in [-0.2, -0.15) is 0 Å². The summed E-state index contributed by atoms with van der Waals surface area (Å²) < 4.78 is 18.9. The highest BCUT2D eigenvalue weighted by atomic mass is 19.1. The Hall–Kier alpha value is -2.00. The summed E-state index contributed by atoms with van der Waals surface area (Å²) in [4.78, 5) is 11.8. The van der Waals surface area contributed by atoms with E-state index in [0.29, 0.717) is 6.61 Å². The van der Waals surface area contributed by atoms with Gasteiger partial charge in [0, 0.05) is 0 Å². The van der Waals surface area contributed by atoms with Crippen LogP contribution in [0, 0.1) is 12.7 Å². The van der Waals surface area contributed by atoms with Gasteiger partial charge in [-0.3, -0.25) is 4.79 Å². The van der Waals surface area contributed by atoms with E-state index in [1.165, 1.54) is 12.1 Å². The number of benzene rings is 2. The third-order valence-electron chi connectivity index (χ3n) is 2.77. The lowest BCUT2D eigenvalue weighted by Gasteiger charge is -2.05. The van der Waals surface area contributed by atoms with Crippen molar-refractivity contribution in [3.63, 3.8) is 0 Å². The van der Waals surface area contributed by atoms with Crippen molar-refractivity contribution in [3.8, 4) is 0 Å². The van der Waals surface area contributed by atoms with Gasteiger partial charge in [0.15, 0.2) is 5.78 Å². The van der Waals surface area contributed by atoms with E-state index in [0.717, 1.165) is 11.1 Å². The molecule has 0 bridgehead atoms. The topological polar surface area (TPSA) is 26.3 Å². The Morgan fingerprint density at radius 2 is 1.89 bits per heavy atom. The number of carbonyl (C=O) groups is 1. The molecule has 0 spiro atoms. The highest BCUT2D eigenvalue weighted by Crippen LogP contribution is 2.11. The van der Waals surface area contributed by atoms with Crippen molar-refractivity contribution in [2.45, 2.75) is 13.5 Å². The van der Waals surface area contributed by atoms with E-state index in [1.807, 2.05) is 30.3 Å². The first-order valence-corrected chi connectivity index (χ1v) is 6.08. The predicted octanol–water partition coefficient (Wildman–Crippen LogP) is 3.53. The van der Waals surface area contributed by atoms with Gasteiger partial charge < -0.3 is 4.74 Å². The van der Waals surface area contributed by atoms with E-state index >= 15 is 0 Å². The van der Waals surface area contributed by atoms with Crippen LogP contribution in [0.15, 0.2) is 48.5 Å². The largest absolute Gasteiger partial charge is 0.369 e. The van der Waals surface area contributed by atoms with E-state index in [9.17, 15) is 9.18 Å². The molecule has 0 heterocycles. The number of halogens is 1. The van der Waals surface area contributed by atoms with Gasteiger partial charge in [0.2, 0.25) is 0 Å². The maximum Gasteiger partial charge on any atom is 0.191 e. The molecule has 0 aliphatic rings. The first-order chi connectivity index (χ1) is 9.16. The van der Waals surface area contributed by atoms with Crippen LogP contribution < -0.4 is 0 Å². The number of hydrogen-bond acceptors (Lipinski definition) is 2. The Labute approximate surface area is 111 Å². The van der Waals surface area contributed by atoms with Gasteiger partial charge >= 0.3 is 0 Å². The van der Waals surface area contributed by atoms with Crippen LogP contribution in [0.5, 0.6) is 0 Å². The van der Waals surface area contributed by atoms with Crippen LogP contribution >= 0.6 is 0 Å². The maximum absolute atomic E-state index is 13.6. The Morgan fingerprint density at radius 1 is 1.16 bits per heavy atom. The second kappa shape index (κ2) is 6.25. The van der Waals surface area contributed by atoms with Gasteiger partial charge in [-0.05, 0) is 30.2 Å². The summed E-state index contributed by atoms with van der Waals surface area (Å²) in [6, 6.07) is 14.1. The molecule has 2 aromatic carbocycles. The normalized spacial score (nSPS) is 10.4. The number of carbonyl (C=O) groups excluding carboxylic acids is 1. The molecule has 3 heteroatoms. The fourth-order valence-corrected chi connectivity index (χ4v) is 1.76. The minimum atomic E-state index is -0.492. The highest BCUT2D eigenvalue weighted by Gasteiger charge is 2.11. The average Bonchev–Trinajstić information content (AvgIpc) is 2.39. The Kier molecular flexibility index (Phi) is 4.42. The lowest BCUT2D eigenvalue weighted by atomic mass is 10.1. The fourth-order valence-electron chi connectivity index (χ4n) is 1.76. The quantitative estimate of drug-likeness (QED) is 0.767. The zero-order valence-electron chi connectivity index (χ0n) is 10.7. The molecular weight excluding hydrogens is 243 g/mol. The van der Waals surface area contributed by atoms with Gasteiger partial charge in [0.05, 0.1) is 12.2 Å². The molecule has 0 radical (unpaired) electrons. The fraction of sp³-hybridized carbons (Fsp3) is 0.188. The standard InChI is InChI=1S/C16H15FO2/c1-12-7-8-14(15(17)9-12)16(18)11-19-10-13-5-3-2-4-6-13/h2-9H,10-11H2,1H3. The molecule has 0 saturated heterocycles. The molecule has 0 fully saturated rings. The van der Waals surface area contributed by atoms with Crippen molar-refractivity contribution in [1.82, 2.24) is 0 Å². The predicted molar refractivity (Wildman–Crippen MR) is 71.6 cm³/mol. The monoisotopic (exact) mass is 258 g/mol. The Balaban J connectivity index is 1.91. The van der Waals surface area contributed by atoms with Crippen LogP contribution in [0.4, 0.5) is 4.39 Å². The highest BCUT2D eigenvalue weighted by molar-refractivity contribution is 5.97. The van der Waals surface area contributed by atoms with Crippen molar-refractivity contribution < 1.29 is 13.9 Å². The molecule has 0 aliphatic carbocycles.